The summed E-state index contributed by atoms with van der Waals surface area (Å²) in [6.45, 7) is 3.67. The van der Waals surface area contributed by atoms with Crippen LogP contribution in [0.2, 0.25) is 0 Å². The molecule has 0 radical (unpaired) electrons. The number of carbonyl (C=O) groups excluding carboxylic acids is 2. The molecule has 0 aliphatic carbocycles. The SMILES string of the molecule is CCOC(=O)c1ccccc1NC(=O)Cn1cnc2c(-c3ccc(C)cc3)nsc2c1=O. The van der Waals surface area contributed by atoms with Gasteiger partial charge in [0.1, 0.15) is 22.5 Å². The van der Waals surface area contributed by atoms with E-state index in [1.165, 1.54) is 10.9 Å². The molecule has 0 fully saturated rings. The fourth-order valence-electron chi connectivity index (χ4n) is 3.19. The Bertz CT molecular complexity index is 1360. The molecule has 0 aliphatic heterocycles. The van der Waals surface area contributed by atoms with E-state index in [1.54, 1.807) is 31.2 Å². The topological polar surface area (TPSA) is 103 Å². The van der Waals surface area contributed by atoms with Gasteiger partial charge in [0, 0.05) is 5.56 Å². The molecule has 2 aromatic heterocycles. The van der Waals surface area contributed by atoms with Crippen molar-refractivity contribution in [2.45, 2.75) is 20.4 Å². The zero-order chi connectivity index (χ0) is 22.7. The van der Waals surface area contributed by atoms with E-state index in [0.717, 1.165) is 22.7 Å². The Hall–Kier alpha value is -3.85. The van der Waals surface area contributed by atoms with E-state index in [4.69, 9.17) is 4.74 Å². The predicted molar refractivity (Wildman–Crippen MR) is 123 cm³/mol. The molecule has 4 aromatic rings. The molecule has 1 N–H and O–H groups in total. The number of nitrogens with zero attached hydrogens (tertiary/aromatic N) is 3. The van der Waals surface area contributed by atoms with Gasteiger partial charge in [-0.05, 0) is 37.5 Å². The highest BCUT2D eigenvalue weighted by Gasteiger charge is 2.17. The summed E-state index contributed by atoms with van der Waals surface area (Å²) >= 11 is 1.06. The Kier molecular flexibility index (Phi) is 6.09. The Morgan fingerprint density at radius 1 is 1.12 bits per heavy atom. The zero-order valence-electron chi connectivity index (χ0n) is 17.5. The fourth-order valence-corrected chi connectivity index (χ4v) is 4.00. The second kappa shape index (κ2) is 9.11. The lowest BCUT2D eigenvalue weighted by atomic mass is 10.1. The van der Waals surface area contributed by atoms with E-state index in [1.807, 2.05) is 31.2 Å². The summed E-state index contributed by atoms with van der Waals surface area (Å²) in [6, 6.07) is 14.4. The van der Waals surface area contributed by atoms with Crippen LogP contribution in [0.4, 0.5) is 5.69 Å². The number of esters is 1. The number of nitrogens with one attached hydrogen (secondary N) is 1. The highest BCUT2D eigenvalue weighted by Crippen LogP contribution is 2.27. The van der Waals surface area contributed by atoms with Crippen LogP contribution < -0.4 is 10.9 Å². The number of carbonyl (C=O) groups is 2. The molecule has 4 rings (SSSR count). The van der Waals surface area contributed by atoms with E-state index in [9.17, 15) is 14.4 Å². The summed E-state index contributed by atoms with van der Waals surface area (Å²) < 4.78 is 11.0. The molecule has 0 aliphatic rings. The molecule has 0 spiro atoms. The number of benzene rings is 2. The van der Waals surface area contributed by atoms with Gasteiger partial charge in [-0.25, -0.2) is 9.78 Å². The minimum absolute atomic E-state index is 0.224. The molecule has 9 heteroatoms. The van der Waals surface area contributed by atoms with Gasteiger partial charge in [-0.15, -0.1) is 0 Å². The number of rotatable bonds is 6. The first-order valence-electron chi connectivity index (χ1n) is 9.95. The van der Waals surface area contributed by atoms with E-state index in [0.29, 0.717) is 21.6 Å². The second-order valence-electron chi connectivity index (χ2n) is 7.07. The minimum atomic E-state index is -0.531. The van der Waals surface area contributed by atoms with Gasteiger partial charge in [-0.2, -0.15) is 4.37 Å². The molecule has 0 bridgehead atoms. The second-order valence-corrected chi connectivity index (χ2v) is 7.84. The molecule has 1 amide bonds. The monoisotopic (exact) mass is 448 g/mol. The van der Waals surface area contributed by atoms with Crippen LogP contribution in [0.25, 0.3) is 21.5 Å². The normalized spacial score (nSPS) is 10.8. The van der Waals surface area contributed by atoms with Gasteiger partial charge >= 0.3 is 5.97 Å². The van der Waals surface area contributed by atoms with Crippen LogP contribution in [0.5, 0.6) is 0 Å². The molecule has 162 valence electrons. The molecule has 2 heterocycles. The van der Waals surface area contributed by atoms with Crippen molar-refractivity contribution in [2.24, 2.45) is 0 Å². The number of hydrogen-bond donors (Lipinski definition) is 1. The van der Waals surface area contributed by atoms with Crippen LogP contribution in [0.3, 0.4) is 0 Å². The van der Waals surface area contributed by atoms with Gasteiger partial charge in [-0.1, -0.05) is 42.0 Å². The summed E-state index contributed by atoms with van der Waals surface area (Å²) in [5, 5.41) is 2.67. The van der Waals surface area contributed by atoms with Crippen molar-refractivity contribution in [1.82, 2.24) is 13.9 Å². The fraction of sp³-hybridized carbons (Fsp3) is 0.174. The number of amides is 1. The molecule has 0 saturated heterocycles. The predicted octanol–water partition coefficient (Wildman–Crippen LogP) is 3.64. The largest absolute Gasteiger partial charge is 0.462 e. The number of para-hydroxylation sites is 1. The number of hydrogen-bond acceptors (Lipinski definition) is 7. The first-order chi connectivity index (χ1) is 15.5. The molecular weight excluding hydrogens is 428 g/mol. The van der Waals surface area contributed by atoms with Crippen molar-refractivity contribution >= 4 is 39.3 Å². The molecule has 2 aromatic carbocycles. The molecule has 0 saturated carbocycles. The molecular formula is C23H20N4O4S. The molecule has 32 heavy (non-hydrogen) atoms. The Balaban J connectivity index is 1.57. The Morgan fingerprint density at radius 2 is 1.88 bits per heavy atom. The van der Waals surface area contributed by atoms with Crippen molar-refractivity contribution in [2.75, 3.05) is 11.9 Å². The Labute approximate surface area is 187 Å². The third-order valence-corrected chi connectivity index (χ3v) is 5.61. The maximum Gasteiger partial charge on any atom is 0.340 e. The smallest absolute Gasteiger partial charge is 0.340 e. The first-order valence-corrected chi connectivity index (χ1v) is 10.7. The summed E-state index contributed by atoms with van der Waals surface area (Å²) in [7, 11) is 0. The van der Waals surface area contributed by atoms with Crippen LogP contribution in [0.1, 0.15) is 22.8 Å². The quantitative estimate of drug-likeness (QED) is 0.452. The van der Waals surface area contributed by atoms with Gasteiger partial charge < -0.3 is 10.1 Å². The lowest BCUT2D eigenvalue weighted by Gasteiger charge is -2.11. The summed E-state index contributed by atoms with van der Waals surface area (Å²) in [6.07, 6.45) is 1.34. The van der Waals surface area contributed by atoms with Crippen LogP contribution in [0.15, 0.2) is 59.7 Å². The van der Waals surface area contributed by atoms with Crippen molar-refractivity contribution in [3.63, 3.8) is 0 Å². The molecule has 0 atom stereocenters. The van der Waals surface area contributed by atoms with E-state index in [-0.39, 0.29) is 24.3 Å². The summed E-state index contributed by atoms with van der Waals surface area (Å²) in [4.78, 5) is 42.0. The number of anilines is 1. The third-order valence-electron chi connectivity index (χ3n) is 4.78. The van der Waals surface area contributed by atoms with Crippen molar-refractivity contribution in [1.29, 1.82) is 0 Å². The van der Waals surface area contributed by atoms with E-state index >= 15 is 0 Å². The average molecular weight is 449 g/mol. The minimum Gasteiger partial charge on any atom is -0.462 e. The first kappa shape index (κ1) is 21.4. The average Bonchev–Trinajstić information content (AvgIpc) is 3.21. The van der Waals surface area contributed by atoms with Crippen LogP contribution in [-0.4, -0.2) is 32.4 Å². The molecule has 8 nitrogen and oxygen atoms in total. The van der Waals surface area contributed by atoms with E-state index in [2.05, 4.69) is 14.7 Å². The number of aryl methyl sites for hydroxylation is 1. The van der Waals surface area contributed by atoms with Crippen molar-refractivity contribution in [3.05, 3.63) is 76.3 Å². The Morgan fingerprint density at radius 3 is 2.62 bits per heavy atom. The van der Waals surface area contributed by atoms with Gasteiger partial charge in [0.05, 0.1) is 24.2 Å². The number of ether oxygens (including phenoxy) is 1. The van der Waals surface area contributed by atoms with Gasteiger partial charge in [-0.3, -0.25) is 14.2 Å². The van der Waals surface area contributed by atoms with Gasteiger partial charge in [0.25, 0.3) is 5.56 Å². The highest BCUT2D eigenvalue weighted by atomic mass is 32.1. The van der Waals surface area contributed by atoms with Crippen LogP contribution >= 0.6 is 11.5 Å². The number of fused-ring (bicyclic) bond motifs is 1. The van der Waals surface area contributed by atoms with Crippen molar-refractivity contribution in [3.8, 4) is 11.3 Å². The summed E-state index contributed by atoms with van der Waals surface area (Å²) in [5.41, 5.74) is 3.36. The van der Waals surface area contributed by atoms with Gasteiger partial charge in [0.15, 0.2) is 0 Å². The van der Waals surface area contributed by atoms with Gasteiger partial charge in [0.2, 0.25) is 5.91 Å². The number of aromatic nitrogens is 3. The maximum atomic E-state index is 12.9. The highest BCUT2D eigenvalue weighted by molar-refractivity contribution is 7.13. The van der Waals surface area contributed by atoms with E-state index < -0.39 is 11.9 Å². The summed E-state index contributed by atoms with van der Waals surface area (Å²) in [5.74, 6) is -0.995. The third kappa shape index (κ3) is 4.28. The maximum absolute atomic E-state index is 12.9. The van der Waals surface area contributed by atoms with Crippen molar-refractivity contribution < 1.29 is 14.3 Å². The lowest BCUT2D eigenvalue weighted by Crippen LogP contribution is -2.28. The van der Waals surface area contributed by atoms with Crippen LogP contribution in [0, 0.1) is 6.92 Å². The lowest BCUT2D eigenvalue weighted by molar-refractivity contribution is -0.116. The molecule has 0 unspecified atom stereocenters. The zero-order valence-corrected chi connectivity index (χ0v) is 18.3. The standard InChI is InChI=1S/C23H20N4O4S/c1-3-31-23(30)16-6-4-5-7-17(16)25-18(28)12-27-13-24-20-19(26-32-21(20)22(27)29)15-10-8-14(2)9-11-15/h4-11,13H,3,12H2,1-2H3,(H,25,28). The van der Waals surface area contributed by atoms with Crippen LogP contribution in [-0.2, 0) is 16.1 Å².